The summed E-state index contributed by atoms with van der Waals surface area (Å²) in [5.41, 5.74) is 6.44. The third-order valence-corrected chi connectivity index (χ3v) is 2.33. The van der Waals surface area contributed by atoms with Crippen LogP contribution in [-0.2, 0) is 6.54 Å². The Morgan fingerprint density at radius 3 is 2.67 bits per heavy atom. The molecule has 5 nitrogen and oxygen atoms in total. The Bertz CT molecular complexity index is 499. The molecule has 0 saturated carbocycles. The molecule has 0 fully saturated rings. The largest absolute Gasteiger partial charge is 0.494 e. The van der Waals surface area contributed by atoms with Crippen molar-refractivity contribution in [1.82, 2.24) is 9.97 Å². The average Bonchev–Trinajstić information content (AvgIpc) is 2.42. The molecular weight excluding hydrogens is 228 g/mol. The van der Waals surface area contributed by atoms with Crippen molar-refractivity contribution in [3.63, 3.8) is 0 Å². The topological polar surface area (TPSA) is 73.1 Å². The highest BCUT2D eigenvalue weighted by molar-refractivity contribution is 5.56. The maximum atomic E-state index is 5.50. The van der Waals surface area contributed by atoms with E-state index in [1.165, 1.54) is 0 Å². The summed E-state index contributed by atoms with van der Waals surface area (Å²) in [5, 5.41) is 3.19. The summed E-state index contributed by atoms with van der Waals surface area (Å²) in [5.74, 6) is 2.20. The van der Waals surface area contributed by atoms with Crippen molar-refractivity contribution in [1.29, 1.82) is 0 Å². The van der Waals surface area contributed by atoms with Gasteiger partial charge < -0.3 is 15.8 Å². The number of aromatic nitrogens is 2. The molecule has 94 valence electrons. The molecule has 0 saturated heterocycles. The van der Waals surface area contributed by atoms with Gasteiger partial charge in [-0.3, -0.25) is 0 Å². The van der Waals surface area contributed by atoms with Gasteiger partial charge in [0.2, 0.25) is 0 Å². The summed E-state index contributed by atoms with van der Waals surface area (Å²) in [6.07, 6.45) is 1.69. The number of ether oxygens (including phenoxy) is 1. The number of nitrogens with one attached hydrogen (secondary N) is 1. The Morgan fingerprint density at radius 2 is 2.00 bits per heavy atom. The fourth-order valence-electron chi connectivity index (χ4n) is 1.52. The standard InChI is InChI=1S/C13H16N4O/c1-2-18-11-5-3-10(4-6-11)16-12-7-8-15-13(9-14)17-12/h3-8H,2,9,14H2,1H3,(H,15,16,17). The van der Waals surface area contributed by atoms with Gasteiger partial charge in [0.05, 0.1) is 13.2 Å². The van der Waals surface area contributed by atoms with E-state index < -0.39 is 0 Å². The first-order valence-electron chi connectivity index (χ1n) is 5.83. The number of rotatable bonds is 5. The molecule has 1 aromatic carbocycles. The monoisotopic (exact) mass is 244 g/mol. The number of benzene rings is 1. The van der Waals surface area contributed by atoms with Crippen molar-refractivity contribution in [3.8, 4) is 5.75 Å². The zero-order chi connectivity index (χ0) is 12.8. The first-order chi connectivity index (χ1) is 8.81. The normalized spacial score (nSPS) is 10.1. The lowest BCUT2D eigenvalue weighted by molar-refractivity contribution is 0.340. The molecule has 3 N–H and O–H groups in total. The Kier molecular flexibility index (Phi) is 4.09. The zero-order valence-corrected chi connectivity index (χ0v) is 10.3. The molecule has 0 radical (unpaired) electrons. The van der Waals surface area contributed by atoms with Gasteiger partial charge >= 0.3 is 0 Å². The Morgan fingerprint density at radius 1 is 1.22 bits per heavy atom. The minimum Gasteiger partial charge on any atom is -0.494 e. The van der Waals surface area contributed by atoms with Gasteiger partial charge in [-0.15, -0.1) is 0 Å². The van der Waals surface area contributed by atoms with E-state index in [0.717, 1.165) is 17.3 Å². The van der Waals surface area contributed by atoms with Gasteiger partial charge in [0, 0.05) is 11.9 Å². The maximum Gasteiger partial charge on any atom is 0.144 e. The van der Waals surface area contributed by atoms with Crippen LogP contribution in [0.15, 0.2) is 36.5 Å². The van der Waals surface area contributed by atoms with E-state index in [1.807, 2.05) is 31.2 Å². The minimum absolute atomic E-state index is 0.332. The summed E-state index contributed by atoms with van der Waals surface area (Å²) in [6, 6.07) is 9.51. The highest BCUT2D eigenvalue weighted by atomic mass is 16.5. The lowest BCUT2D eigenvalue weighted by atomic mass is 10.3. The smallest absolute Gasteiger partial charge is 0.144 e. The number of nitrogens with two attached hydrogens (primary N) is 1. The summed E-state index contributed by atoms with van der Waals surface area (Å²) in [6.45, 7) is 2.96. The molecule has 0 unspecified atom stereocenters. The quantitative estimate of drug-likeness (QED) is 0.842. The van der Waals surface area contributed by atoms with Gasteiger partial charge in [0.25, 0.3) is 0 Å². The van der Waals surface area contributed by atoms with Crippen LogP contribution in [0.1, 0.15) is 12.7 Å². The summed E-state index contributed by atoms with van der Waals surface area (Å²) < 4.78 is 5.38. The Balaban J connectivity index is 2.08. The number of hydrogen-bond acceptors (Lipinski definition) is 5. The van der Waals surface area contributed by atoms with Crippen molar-refractivity contribution in [2.75, 3.05) is 11.9 Å². The lowest BCUT2D eigenvalue weighted by Crippen LogP contribution is -2.04. The second-order valence-electron chi connectivity index (χ2n) is 3.64. The van der Waals surface area contributed by atoms with Crippen LogP contribution in [0.3, 0.4) is 0 Å². The second kappa shape index (κ2) is 5.97. The van der Waals surface area contributed by atoms with Crippen molar-refractivity contribution in [2.24, 2.45) is 5.73 Å². The molecule has 0 aliphatic heterocycles. The third-order valence-electron chi connectivity index (χ3n) is 2.33. The summed E-state index contributed by atoms with van der Waals surface area (Å²) >= 11 is 0. The van der Waals surface area contributed by atoms with Gasteiger partial charge in [0.1, 0.15) is 17.4 Å². The molecule has 0 amide bonds. The molecule has 2 aromatic rings. The van der Waals surface area contributed by atoms with Crippen molar-refractivity contribution >= 4 is 11.5 Å². The fraction of sp³-hybridized carbons (Fsp3) is 0.231. The number of anilines is 2. The van der Waals surface area contributed by atoms with E-state index in [9.17, 15) is 0 Å². The van der Waals surface area contributed by atoms with E-state index in [0.29, 0.717) is 19.0 Å². The molecule has 0 aliphatic carbocycles. The van der Waals surface area contributed by atoms with Crippen molar-refractivity contribution in [2.45, 2.75) is 13.5 Å². The molecule has 0 bridgehead atoms. The van der Waals surface area contributed by atoms with Crippen molar-refractivity contribution < 1.29 is 4.74 Å². The van der Waals surface area contributed by atoms with Crippen LogP contribution in [0.2, 0.25) is 0 Å². The highest BCUT2D eigenvalue weighted by Gasteiger charge is 1.99. The van der Waals surface area contributed by atoms with Crippen LogP contribution in [-0.4, -0.2) is 16.6 Å². The molecule has 0 atom stereocenters. The van der Waals surface area contributed by atoms with E-state index in [-0.39, 0.29) is 0 Å². The van der Waals surface area contributed by atoms with Crippen molar-refractivity contribution in [3.05, 3.63) is 42.4 Å². The van der Waals surface area contributed by atoms with Gasteiger partial charge in [-0.1, -0.05) is 0 Å². The third kappa shape index (κ3) is 3.18. The summed E-state index contributed by atoms with van der Waals surface area (Å²) in [4.78, 5) is 8.31. The Labute approximate surface area is 106 Å². The molecule has 1 heterocycles. The van der Waals surface area contributed by atoms with Crippen LogP contribution < -0.4 is 15.8 Å². The van der Waals surface area contributed by atoms with Crippen LogP contribution in [0.5, 0.6) is 5.75 Å². The maximum absolute atomic E-state index is 5.50. The second-order valence-corrected chi connectivity index (χ2v) is 3.64. The van der Waals surface area contributed by atoms with Crippen LogP contribution in [0.4, 0.5) is 11.5 Å². The van der Waals surface area contributed by atoms with Crippen LogP contribution in [0, 0.1) is 0 Å². The average molecular weight is 244 g/mol. The van der Waals surface area contributed by atoms with Crippen LogP contribution >= 0.6 is 0 Å². The van der Waals surface area contributed by atoms with Gasteiger partial charge in [0.15, 0.2) is 0 Å². The molecule has 2 rings (SSSR count). The lowest BCUT2D eigenvalue weighted by Gasteiger charge is -2.07. The molecule has 5 heteroatoms. The van der Waals surface area contributed by atoms with Gasteiger partial charge in [-0.25, -0.2) is 9.97 Å². The molecule has 0 aliphatic rings. The van der Waals surface area contributed by atoms with E-state index >= 15 is 0 Å². The Hall–Kier alpha value is -2.14. The van der Waals surface area contributed by atoms with Crippen LogP contribution in [0.25, 0.3) is 0 Å². The SMILES string of the molecule is CCOc1ccc(Nc2ccnc(CN)n2)cc1. The number of hydrogen-bond donors (Lipinski definition) is 2. The zero-order valence-electron chi connectivity index (χ0n) is 10.3. The predicted octanol–water partition coefficient (Wildman–Crippen LogP) is 2.08. The fourth-order valence-corrected chi connectivity index (χ4v) is 1.52. The molecule has 0 spiro atoms. The van der Waals surface area contributed by atoms with E-state index in [2.05, 4.69) is 15.3 Å². The van der Waals surface area contributed by atoms with Gasteiger partial charge in [-0.05, 0) is 37.3 Å². The first kappa shape index (κ1) is 12.3. The minimum atomic E-state index is 0.332. The molecular formula is C13H16N4O. The molecule has 18 heavy (non-hydrogen) atoms. The van der Waals surface area contributed by atoms with E-state index in [4.69, 9.17) is 10.5 Å². The van der Waals surface area contributed by atoms with Gasteiger partial charge in [-0.2, -0.15) is 0 Å². The predicted molar refractivity (Wildman–Crippen MR) is 70.8 cm³/mol. The van der Waals surface area contributed by atoms with E-state index in [1.54, 1.807) is 12.3 Å². The molecule has 1 aromatic heterocycles. The highest BCUT2D eigenvalue weighted by Crippen LogP contribution is 2.18. The number of nitrogens with zero attached hydrogens (tertiary/aromatic N) is 2. The first-order valence-corrected chi connectivity index (χ1v) is 5.83. The summed E-state index contributed by atoms with van der Waals surface area (Å²) in [7, 11) is 0.